The fourth-order valence-corrected chi connectivity index (χ4v) is 1.28. The van der Waals surface area contributed by atoms with Crippen molar-refractivity contribution in [3.63, 3.8) is 0 Å². The molecule has 0 aliphatic carbocycles. The van der Waals surface area contributed by atoms with E-state index in [4.69, 9.17) is 4.42 Å². The van der Waals surface area contributed by atoms with Gasteiger partial charge in [0.15, 0.2) is 0 Å². The third-order valence-electron chi connectivity index (χ3n) is 2.07. The number of carbonyl (C=O) groups is 1. The Kier molecular flexibility index (Phi) is 2.76. The lowest BCUT2D eigenvalue weighted by atomic mass is 10.1. The quantitative estimate of drug-likeness (QED) is 0.742. The number of halogens is 1. The summed E-state index contributed by atoms with van der Waals surface area (Å²) < 4.78 is 18.3. The molecule has 0 unspecified atom stereocenters. The van der Waals surface area contributed by atoms with Crippen molar-refractivity contribution in [2.75, 3.05) is 0 Å². The van der Waals surface area contributed by atoms with Gasteiger partial charge in [-0.15, -0.1) is 0 Å². The van der Waals surface area contributed by atoms with Crippen molar-refractivity contribution in [3.05, 3.63) is 47.7 Å². The number of Topliss-reactive ketones (excluding diaryl/α,β-unsaturated/α-hetero) is 1. The van der Waals surface area contributed by atoms with Gasteiger partial charge in [0.1, 0.15) is 11.6 Å². The molecule has 0 N–H and O–H groups in total. The maximum Gasteiger partial charge on any atom is 0.263 e. The normalized spacial score (nSPS) is 10.4. The number of hydrogen-bond donors (Lipinski definition) is 0. The Balaban J connectivity index is 2.17. The summed E-state index contributed by atoms with van der Waals surface area (Å²) >= 11 is 0. The van der Waals surface area contributed by atoms with Crippen molar-refractivity contribution < 1.29 is 13.6 Å². The molecule has 82 valence electrons. The smallest absolute Gasteiger partial charge is 0.263 e. The van der Waals surface area contributed by atoms with E-state index in [0.717, 1.165) is 6.20 Å². The van der Waals surface area contributed by atoms with Crippen LogP contribution in [0.1, 0.15) is 22.0 Å². The zero-order chi connectivity index (χ0) is 11.5. The first-order valence-corrected chi connectivity index (χ1v) is 4.71. The van der Waals surface area contributed by atoms with Gasteiger partial charge in [0.05, 0.1) is 12.4 Å². The predicted octanol–water partition coefficient (Wildman–Crippen LogP) is 1.94. The lowest BCUT2D eigenvalue weighted by Crippen LogP contribution is -2.05. The Hall–Kier alpha value is -2.04. The molecule has 0 saturated heterocycles. The molecule has 2 heterocycles. The van der Waals surface area contributed by atoms with E-state index in [2.05, 4.69) is 9.97 Å². The Morgan fingerprint density at radius 3 is 2.94 bits per heavy atom. The number of nitrogens with zero attached hydrogens (tertiary/aromatic N) is 2. The minimum absolute atomic E-state index is 0.00807. The second kappa shape index (κ2) is 4.22. The molecule has 5 heteroatoms. The topological polar surface area (TPSA) is 56.0 Å². The van der Waals surface area contributed by atoms with E-state index in [9.17, 15) is 9.18 Å². The molecular weight excluding hydrogens is 211 g/mol. The fourth-order valence-electron chi connectivity index (χ4n) is 1.28. The molecule has 0 amide bonds. The minimum atomic E-state index is -0.501. The number of rotatable bonds is 3. The summed E-state index contributed by atoms with van der Waals surface area (Å²) in [7, 11) is 0. The van der Waals surface area contributed by atoms with Gasteiger partial charge in [0, 0.05) is 12.6 Å². The number of aromatic nitrogens is 2. The van der Waals surface area contributed by atoms with Crippen LogP contribution in [0.3, 0.4) is 0 Å². The van der Waals surface area contributed by atoms with Crippen molar-refractivity contribution in [2.24, 2.45) is 0 Å². The van der Waals surface area contributed by atoms with Crippen molar-refractivity contribution in [3.8, 4) is 0 Å². The first-order chi connectivity index (χ1) is 7.66. The van der Waals surface area contributed by atoms with E-state index < -0.39 is 5.82 Å². The zero-order valence-electron chi connectivity index (χ0n) is 8.61. The first-order valence-electron chi connectivity index (χ1n) is 4.71. The van der Waals surface area contributed by atoms with Gasteiger partial charge in [0.25, 0.3) is 5.89 Å². The summed E-state index contributed by atoms with van der Waals surface area (Å²) in [4.78, 5) is 19.0. The van der Waals surface area contributed by atoms with Gasteiger partial charge >= 0.3 is 0 Å². The van der Waals surface area contributed by atoms with Crippen LogP contribution in [0.15, 0.2) is 29.1 Å². The van der Waals surface area contributed by atoms with Crippen molar-refractivity contribution >= 4 is 5.78 Å². The fraction of sp³-hybridized carbons (Fsp3) is 0.182. The van der Waals surface area contributed by atoms with Gasteiger partial charge in [-0.25, -0.2) is 9.37 Å². The molecule has 0 aromatic carbocycles. The van der Waals surface area contributed by atoms with Crippen LogP contribution >= 0.6 is 0 Å². The summed E-state index contributed by atoms with van der Waals surface area (Å²) in [6.07, 6.45) is 3.89. The molecule has 0 aliphatic rings. The SMILES string of the molecule is Cc1cnc(C(=O)Cc2ccncc2F)o1. The molecule has 2 aromatic heterocycles. The molecule has 0 radical (unpaired) electrons. The number of hydrogen-bond acceptors (Lipinski definition) is 4. The van der Waals surface area contributed by atoms with Crippen LogP contribution in [0.25, 0.3) is 0 Å². The minimum Gasteiger partial charge on any atom is -0.439 e. The largest absolute Gasteiger partial charge is 0.439 e. The molecule has 0 atom stereocenters. The van der Waals surface area contributed by atoms with E-state index >= 15 is 0 Å². The second-order valence-corrected chi connectivity index (χ2v) is 3.34. The van der Waals surface area contributed by atoms with E-state index in [-0.39, 0.29) is 23.7 Å². The van der Waals surface area contributed by atoms with Crippen LogP contribution in [-0.4, -0.2) is 15.8 Å². The second-order valence-electron chi connectivity index (χ2n) is 3.34. The van der Waals surface area contributed by atoms with E-state index in [1.54, 1.807) is 6.92 Å². The van der Waals surface area contributed by atoms with Crippen LogP contribution in [0, 0.1) is 12.7 Å². The molecule has 0 aliphatic heterocycles. The Bertz CT molecular complexity index is 522. The monoisotopic (exact) mass is 220 g/mol. The van der Waals surface area contributed by atoms with Crippen LogP contribution in [0.2, 0.25) is 0 Å². The third-order valence-corrected chi connectivity index (χ3v) is 2.07. The van der Waals surface area contributed by atoms with Gasteiger partial charge in [-0.05, 0) is 18.6 Å². The third kappa shape index (κ3) is 2.13. The van der Waals surface area contributed by atoms with Crippen LogP contribution in [0.5, 0.6) is 0 Å². The average molecular weight is 220 g/mol. The maximum atomic E-state index is 13.2. The summed E-state index contributed by atoms with van der Waals surface area (Å²) in [5, 5.41) is 0. The van der Waals surface area contributed by atoms with E-state index in [1.165, 1.54) is 18.5 Å². The van der Waals surface area contributed by atoms with Gasteiger partial charge in [0.2, 0.25) is 5.78 Å². The van der Waals surface area contributed by atoms with Crippen molar-refractivity contribution in [1.29, 1.82) is 0 Å². The van der Waals surface area contributed by atoms with Crippen LogP contribution in [0.4, 0.5) is 4.39 Å². The summed E-state index contributed by atoms with van der Waals surface area (Å²) in [6, 6.07) is 1.46. The van der Waals surface area contributed by atoms with Crippen LogP contribution in [-0.2, 0) is 6.42 Å². The highest BCUT2D eigenvalue weighted by Crippen LogP contribution is 2.10. The average Bonchev–Trinajstić information content (AvgIpc) is 2.68. The van der Waals surface area contributed by atoms with E-state index in [0.29, 0.717) is 5.76 Å². The molecular formula is C11H9FN2O2. The van der Waals surface area contributed by atoms with E-state index in [1.807, 2.05) is 0 Å². The molecule has 0 fully saturated rings. The van der Waals surface area contributed by atoms with Gasteiger partial charge in [-0.2, -0.15) is 0 Å². The Morgan fingerprint density at radius 2 is 2.31 bits per heavy atom. The lowest BCUT2D eigenvalue weighted by molar-refractivity contribution is 0.0957. The summed E-state index contributed by atoms with van der Waals surface area (Å²) in [6.45, 7) is 1.69. The number of ketones is 1. The highest BCUT2D eigenvalue weighted by atomic mass is 19.1. The highest BCUT2D eigenvalue weighted by Gasteiger charge is 2.14. The molecule has 2 rings (SSSR count). The number of pyridine rings is 1. The number of aryl methyl sites for hydroxylation is 1. The van der Waals surface area contributed by atoms with Gasteiger partial charge in [-0.3, -0.25) is 9.78 Å². The van der Waals surface area contributed by atoms with Gasteiger partial charge < -0.3 is 4.42 Å². The summed E-state index contributed by atoms with van der Waals surface area (Å²) in [5.41, 5.74) is 0.288. The molecule has 0 spiro atoms. The molecule has 16 heavy (non-hydrogen) atoms. The highest BCUT2D eigenvalue weighted by molar-refractivity contribution is 5.93. The van der Waals surface area contributed by atoms with Gasteiger partial charge in [-0.1, -0.05) is 0 Å². The summed E-state index contributed by atoms with van der Waals surface area (Å²) in [5.74, 6) is -0.287. The standard InChI is InChI=1S/C11H9FN2O2/c1-7-5-14-11(16-7)10(15)4-8-2-3-13-6-9(8)12/h2-3,5-6H,4H2,1H3. The number of carbonyl (C=O) groups excluding carboxylic acids is 1. The predicted molar refractivity (Wildman–Crippen MR) is 53.5 cm³/mol. The maximum absolute atomic E-state index is 13.2. The first kappa shape index (κ1) is 10.5. The van der Waals surface area contributed by atoms with Crippen LogP contribution < -0.4 is 0 Å². The molecule has 0 saturated carbocycles. The lowest BCUT2D eigenvalue weighted by Gasteiger charge is -1.98. The zero-order valence-corrected chi connectivity index (χ0v) is 8.61. The number of oxazole rings is 1. The Labute approximate surface area is 91.1 Å². The molecule has 0 bridgehead atoms. The Morgan fingerprint density at radius 1 is 1.50 bits per heavy atom. The van der Waals surface area contributed by atoms with Crippen molar-refractivity contribution in [1.82, 2.24) is 9.97 Å². The van der Waals surface area contributed by atoms with Crippen molar-refractivity contribution in [2.45, 2.75) is 13.3 Å². The molecule has 4 nitrogen and oxygen atoms in total. The molecule has 2 aromatic rings.